The summed E-state index contributed by atoms with van der Waals surface area (Å²) in [6, 6.07) is 30.7. The van der Waals surface area contributed by atoms with Crippen LogP contribution in [-0.2, 0) is 0 Å². The Balaban J connectivity index is -0.000000155. The van der Waals surface area contributed by atoms with Gasteiger partial charge >= 0.3 is 0 Å². The van der Waals surface area contributed by atoms with Crippen molar-refractivity contribution in [1.82, 2.24) is 0 Å². The molecule has 176 valence electrons. The van der Waals surface area contributed by atoms with Crippen LogP contribution < -0.4 is 4.90 Å². The summed E-state index contributed by atoms with van der Waals surface area (Å²) in [5.74, 6) is 0. The number of anilines is 1. The van der Waals surface area contributed by atoms with Gasteiger partial charge in [-0.1, -0.05) is 145 Å². The van der Waals surface area contributed by atoms with E-state index in [2.05, 4.69) is 55.1 Å². The zero-order valence-corrected chi connectivity index (χ0v) is 22.6. The third-order valence-electron chi connectivity index (χ3n) is 3.16. The van der Waals surface area contributed by atoms with Crippen molar-refractivity contribution in [3.63, 3.8) is 0 Å². The molecule has 31 heavy (non-hydrogen) atoms. The second kappa shape index (κ2) is 32.1. The highest BCUT2D eigenvalue weighted by Crippen LogP contribution is 2.10. The third-order valence-corrected chi connectivity index (χ3v) is 3.16. The lowest BCUT2D eigenvalue weighted by molar-refractivity contribution is 1.13. The smallest absolute Gasteiger partial charge is 0.0361 e. The second-order valence-corrected chi connectivity index (χ2v) is 5.54. The molecule has 0 unspecified atom stereocenters. The average molecular weight is 426 g/mol. The summed E-state index contributed by atoms with van der Waals surface area (Å²) in [6.45, 7) is 20.2. The number of benzene rings is 3. The summed E-state index contributed by atoms with van der Waals surface area (Å²) < 4.78 is 0. The van der Waals surface area contributed by atoms with Crippen LogP contribution >= 0.6 is 0 Å². The van der Waals surface area contributed by atoms with Gasteiger partial charge in [0, 0.05) is 19.8 Å². The summed E-state index contributed by atoms with van der Waals surface area (Å²) in [5.41, 5.74) is 3.89. The summed E-state index contributed by atoms with van der Waals surface area (Å²) in [7, 11) is 4.09. The Morgan fingerprint density at radius 3 is 0.871 bits per heavy atom. The maximum atomic E-state index is 2.12. The first-order valence-corrected chi connectivity index (χ1v) is 11.9. The van der Waals surface area contributed by atoms with Gasteiger partial charge in [0.05, 0.1) is 0 Å². The lowest BCUT2D eigenvalue weighted by atomic mass is 10.2. The molecule has 0 saturated carbocycles. The quantitative estimate of drug-likeness (QED) is 0.375. The molecule has 0 amide bonds. The van der Waals surface area contributed by atoms with Crippen LogP contribution in [0.1, 0.15) is 66.5 Å². The summed E-state index contributed by atoms with van der Waals surface area (Å²) in [4.78, 5) is 2.10. The van der Waals surface area contributed by atoms with Crippen LogP contribution in [0.2, 0.25) is 0 Å². The van der Waals surface area contributed by atoms with Crippen LogP contribution in [0.25, 0.3) is 0 Å². The number of hydrogen-bond acceptors (Lipinski definition) is 1. The molecule has 1 nitrogen and oxygen atoms in total. The average Bonchev–Trinajstić information content (AvgIpc) is 2.87. The molecule has 3 rings (SSSR count). The van der Waals surface area contributed by atoms with E-state index in [1.54, 1.807) is 0 Å². The molecule has 0 bridgehead atoms. The minimum atomic E-state index is 1.26. The van der Waals surface area contributed by atoms with Gasteiger partial charge < -0.3 is 4.90 Å². The largest absolute Gasteiger partial charge is 0.378 e. The highest BCUT2D eigenvalue weighted by Gasteiger charge is 1.90. The van der Waals surface area contributed by atoms with Crippen LogP contribution in [0.4, 0.5) is 5.69 Å². The van der Waals surface area contributed by atoms with Crippen molar-refractivity contribution in [3.05, 3.63) is 102 Å². The lowest BCUT2D eigenvalue weighted by Crippen LogP contribution is -2.07. The van der Waals surface area contributed by atoms with Crippen LogP contribution in [0.5, 0.6) is 0 Å². The zero-order valence-electron chi connectivity index (χ0n) is 22.6. The van der Waals surface area contributed by atoms with Crippen molar-refractivity contribution in [3.8, 4) is 0 Å². The van der Waals surface area contributed by atoms with E-state index in [4.69, 9.17) is 0 Å². The topological polar surface area (TPSA) is 3.24 Å². The van der Waals surface area contributed by atoms with Gasteiger partial charge in [0.15, 0.2) is 0 Å². The van der Waals surface area contributed by atoms with E-state index in [0.29, 0.717) is 0 Å². The van der Waals surface area contributed by atoms with Gasteiger partial charge in [-0.3, -0.25) is 0 Å². The molecule has 3 aromatic carbocycles. The predicted molar refractivity (Wildman–Crippen MR) is 149 cm³/mol. The molecule has 0 fully saturated rings. The van der Waals surface area contributed by atoms with E-state index in [1.807, 2.05) is 124 Å². The van der Waals surface area contributed by atoms with E-state index < -0.39 is 0 Å². The van der Waals surface area contributed by atoms with Crippen LogP contribution in [0.3, 0.4) is 0 Å². The first kappa shape index (κ1) is 35.9. The molecule has 0 atom stereocenters. The van der Waals surface area contributed by atoms with Crippen molar-refractivity contribution in [1.29, 1.82) is 0 Å². The molecule has 0 N–H and O–H groups in total. The molecule has 0 aliphatic heterocycles. The van der Waals surface area contributed by atoms with Crippen LogP contribution in [0.15, 0.2) is 91.0 Å². The Labute approximate surface area is 196 Å². The Bertz CT molecular complexity index is 587. The Kier molecular flexibility index (Phi) is 37.2. The number of nitrogens with zero attached hydrogens (tertiary/aromatic N) is 1. The van der Waals surface area contributed by atoms with Gasteiger partial charge in [0.1, 0.15) is 0 Å². The van der Waals surface area contributed by atoms with Gasteiger partial charge in [-0.2, -0.15) is 0 Å². The fourth-order valence-electron chi connectivity index (χ4n) is 1.76. The van der Waals surface area contributed by atoms with Gasteiger partial charge in [-0.05, 0) is 26.0 Å². The Hall–Kier alpha value is -2.54. The maximum absolute atomic E-state index is 2.12. The third kappa shape index (κ3) is 27.5. The highest BCUT2D eigenvalue weighted by molar-refractivity contribution is 5.45. The Morgan fingerprint density at radius 1 is 0.387 bits per heavy atom. The summed E-state index contributed by atoms with van der Waals surface area (Å²) in [5, 5.41) is 0. The molecule has 0 radical (unpaired) electrons. The highest BCUT2D eigenvalue weighted by atomic mass is 15.1. The van der Waals surface area contributed by atoms with E-state index >= 15 is 0 Å². The lowest BCUT2D eigenvalue weighted by Gasteiger charge is -2.11. The molecular formula is C30H51N. The molecule has 1 heteroatoms. The van der Waals surface area contributed by atoms with E-state index in [-0.39, 0.29) is 0 Å². The number of rotatable bonds is 1. The normalized spacial score (nSPS) is 7.35. The van der Waals surface area contributed by atoms with Crippen molar-refractivity contribution in [2.24, 2.45) is 0 Å². The Morgan fingerprint density at radius 2 is 0.645 bits per heavy atom. The summed E-state index contributed by atoms with van der Waals surface area (Å²) >= 11 is 0. The van der Waals surface area contributed by atoms with Gasteiger partial charge in [-0.25, -0.2) is 0 Å². The predicted octanol–water partition coefficient (Wildman–Crippen LogP) is 9.85. The van der Waals surface area contributed by atoms with E-state index in [0.717, 1.165) is 0 Å². The first-order valence-electron chi connectivity index (χ1n) is 11.9. The van der Waals surface area contributed by atoms with E-state index in [9.17, 15) is 0 Å². The molecule has 0 aliphatic carbocycles. The number of aryl methyl sites for hydroxylation is 2. The molecule has 0 spiro atoms. The standard InChI is InChI=1S/C9H13N.C7H8.C6H6.4C2H6/c1-8-4-6-9(7-5-8)10(2)3;1-7-5-3-2-4-6-7;1-2-4-6-5-3-1;4*1-2/h4-7H,1-3H3;2-6H,1H3;1-6H;4*1-2H3. The minimum Gasteiger partial charge on any atom is -0.378 e. The summed E-state index contributed by atoms with van der Waals surface area (Å²) in [6.07, 6.45) is 0. The van der Waals surface area contributed by atoms with Crippen molar-refractivity contribution in [2.75, 3.05) is 19.0 Å². The minimum absolute atomic E-state index is 1.26. The van der Waals surface area contributed by atoms with Crippen molar-refractivity contribution >= 4 is 5.69 Å². The van der Waals surface area contributed by atoms with E-state index in [1.165, 1.54) is 16.8 Å². The fourth-order valence-corrected chi connectivity index (χ4v) is 1.76. The fraction of sp³-hybridized carbons (Fsp3) is 0.400. The van der Waals surface area contributed by atoms with Crippen LogP contribution in [0, 0.1) is 13.8 Å². The molecule has 0 aromatic heterocycles. The number of hydrogen-bond donors (Lipinski definition) is 0. The van der Waals surface area contributed by atoms with Crippen molar-refractivity contribution in [2.45, 2.75) is 69.2 Å². The second-order valence-electron chi connectivity index (χ2n) is 5.54. The molecule has 3 aromatic rings. The SMILES string of the molecule is CC.CC.CC.CC.Cc1ccc(N(C)C)cc1.Cc1ccccc1.c1ccccc1. The van der Waals surface area contributed by atoms with Crippen LogP contribution in [-0.4, -0.2) is 14.1 Å². The monoisotopic (exact) mass is 425 g/mol. The van der Waals surface area contributed by atoms with Gasteiger partial charge in [-0.15, -0.1) is 0 Å². The molecule has 0 heterocycles. The maximum Gasteiger partial charge on any atom is 0.0361 e. The van der Waals surface area contributed by atoms with Gasteiger partial charge in [0.2, 0.25) is 0 Å². The van der Waals surface area contributed by atoms with Gasteiger partial charge in [0.25, 0.3) is 0 Å². The first-order chi connectivity index (χ1) is 15.1. The molecule has 0 saturated heterocycles. The molecular weight excluding hydrogens is 374 g/mol. The van der Waals surface area contributed by atoms with Crippen molar-refractivity contribution < 1.29 is 0 Å². The zero-order chi connectivity index (χ0) is 24.9. The molecule has 0 aliphatic rings.